The second kappa shape index (κ2) is 6.46. The first kappa shape index (κ1) is 16.6. The highest BCUT2D eigenvalue weighted by Gasteiger charge is 2.33. The lowest BCUT2D eigenvalue weighted by Crippen LogP contribution is -2.44. The van der Waals surface area contributed by atoms with Gasteiger partial charge in [-0.15, -0.1) is 0 Å². The number of pyridine rings is 1. The maximum atomic E-state index is 12.2. The van der Waals surface area contributed by atoms with Crippen LogP contribution in [0.4, 0.5) is 10.5 Å². The number of hydrogen-bond donors (Lipinski definition) is 0. The summed E-state index contributed by atoms with van der Waals surface area (Å²) in [5, 5.41) is 1.54. The Bertz CT molecular complexity index is 839. The quantitative estimate of drug-likeness (QED) is 0.772. The van der Waals surface area contributed by atoms with E-state index in [1.54, 1.807) is 11.9 Å². The van der Waals surface area contributed by atoms with Gasteiger partial charge in [-0.3, -0.25) is 14.8 Å². The summed E-state index contributed by atoms with van der Waals surface area (Å²) in [7, 11) is 3.16. The van der Waals surface area contributed by atoms with E-state index in [1.165, 1.54) is 26.4 Å². The summed E-state index contributed by atoms with van der Waals surface area (Å²) in [4.78, 5) is 21.3. The molecular formula is C19H22ClN3O2. The molecule has 1 aromatic carbocycles. The Labute approximate surface area is 152 Å². The van der Waals surface area contributed by atoms with Crippen LogP contribution in [0, 0.1) is 0 Å². The number of nitrogens with zero attached hydrogens (tertiary/aromatic N) is 3. The van der Waals surface area contributed by atoms with Crippen LogP contribution < -0.4 is 4.90 Å². The monoisotopic (exact) mass is 359 g/mol. The fourth-order valence-electron chi connectivity index (χ4n) is 4.18. The predicted molar refractivity (Wildman–Crippen MR) is 99.3 cm³/mol. The number of piperidine rings is 1. The molecule has 132 valence electrons. The predicted octanol–water partition coefficient (Wildman–Crippen LogP) is 4.00. The number of amides is 1. The van der Waals surface area contributed by atoms with E-state index in [0.717, 1.165) is 47.4 Å². The second-order valence-corrected chi connectivity index (χ2v) is 7.34. The van der Waals surface area contributed by atoms with E-state index >= 15 is 0 Å². The fraction of sp³-hybridized carbons (Fsp3) is 0.474. The molecule has 3 heterocycles. The molecule has 6 heteroatoms. The van der Waals surface area contributed by atoms with Crippen LogP contribution >= 0.6 is 11.6 Å². The molecule has 0 spiro atoms. The van der Waals surface area contributed by atoms with E-state index in [1.807, 2.05) is 18.2 Å². The molecule has 25 heavy (non-hydrogen) atoms. The number of benzene rings is 1. The first-order valence-corrected chi connectivity index (χ1v) is 9.13. The average molecular weight is 360 g/mol. The molecule has 2 aliphatic heterocycles. The standard InChI is InChI=1S/C19H22ClN3O2/c1-22(19(24)25-2)18-14-9-12(20)6-7-16(14)21-17-10-13-5-3-4-8-23(13)11-15(17)18/h6-7,9,13H,3-5,8,10-11H2,1-2H3. The number of anilines is 1. The van der Waals surface area contributed by atoms with Crippen LogP contribution in [0.3, 0.4) is 0 Å². The number of carbonyl (C=O) groups excluding carboxylic acids is 1. The largest absolute Gasteiger partial charge is 0.452 e. The number of carbonyl (C=O) groups is 1. The van der Waals surface area contributed by atoms with E-state index in [0.29, 0.717) is 11.1 Å². The van der Waals surface area contributed by atoms with Crippen LogP contribution in [0.1, 0.15) is 30.5 Å². The van der Waals surface area contributed by atoms with Crippen LogP contribution in [-0.4, -0.2) is 42.7 Å². The van der Waals surface area contributed by atoms with Crippen LogP contribution in [0.15, 0.2) is 18.2 Å². The van der Waals surface area contributed by atoms with E-state index < -0.39 is 0 Å². The number of halogens is 1. The zero-order valence-electron chi connectivity index (χ0n) is 14.6. The molecule has 0 N–H and O–H groups in total. The van der Waals surface area contributed by atoms with E-state index in [9.17, 15) is 4.79 Å². The molecule has 1 amide bonds. The van der Waals surface area contributed by atoms with Gasteiger partial charge in [0.25, 0.3) is 0 Å². The van der Waals surface area contributed by atoms with Gasteiger partial charge < -0.3 is 4.74 Å². The Hall–Kier alpha value is -1.85. The van der Waals surface area contributed by atoms with Crippen LogP contribution in [0.2, 0.25) is 5.02 Å². The van der Waals surface area contributed by atoms with Gasteiger partial charge in [-0.25, -0.2) is 4.79 Å². The summed E-state index contributed by atoms with van der Waals surface area (Å²) in [6, 6.07) is 6.23. The zero-order chi connectivity index (χ0) is 17.6. The highest BCUT2D eigenvalue weighted by molar-refractivity contribution is 6.31. The molecular weight excluding hydrogens is 338 g/mol. The molecule has 0 bridgehead atoms. The summed E-state index contributed by atoms with van der Waals surface area (Å²) in [5.41, 5.74) is 3.97. The van der Waals surface area contributed by atoms with Crippen molar-refractivity contribution in [2.75, 3.05) is 25.6 Å². The van der Waals surface area contributed by atoms with E-state index in [-0.39, 0.29) is 6.09 Å². The van der Waals surface area contributed by atoms with Crippen molar-refractivity contribution in [3.8, 4) is 0 Å². The molecule has 1 aromatic heterocycles. The van der Waals surface area contributed by atoms with Crippen LogP contribution in [0.25, 0.3) is 10.9 Å². The molecule has 5 nitrogen and oxygen atoms in total. The minimum absolute atomic E-state index is 0.379. The number of aromatic nitrogens is 1. The fourth-order valence-corrected chi connectivity index (χ4v) is 4.35. The van der Waals surface area contributed by atoms with Crippen molar-refractivity contribution in [1.82, 2.24) is 9.88 Å². The van der Waals surface area contributed by atoms with Gasteiger partial charge in [-0.05, 0) is 37.6 Å². The summed E-state index contributed by atoms with van der Waals surface area (Å²) >= 11 is 6.23. The van der Waals surface area contributed by atoms with Crippen molar-refractivity contribution in [2.45, 2.75) is 38.3 Å². The van der Waals surface area contributed by atoms with Crippen LogP contribution in [-0.2, 0) is 17.7 Å². The van der Waals surface area contributed by atoms with Crippen molar-refractivity contribution in [2.24, 2.45) is 0 Å². The lowest BCUT2D eigenvalue weighted by Gasteiger charge is -2.41. The SMILES string of the molecule is COC(=O)N(C)c1c2c(nc3ccc(Cl)cc13)CC1CCCCN1C2. The smallest absolute Gasteiger partial charge is 0.413 e. The van der Waals surface area contributed by atoms with Crippen molar-refractivity contribution in [1.29, 1.82) is 0 Å². The molecule has 1 fully saturated rings. The van der Waals surface area contributed by atoms with Crippen molar-refractivity contribution in [3.63, 3.8) is 0 Å². The molecule has 2 aromatic rings. The lowest BCUT2D eigenvalue weighted by molar-refractivity contribution is 0.126. The van der Waals surface area contributed by atoms with Gasteiger partial charge in [0.2, 0.25) is 0 Å². The number of fused-ring (bicyclic) bond motifs is 3. The normalized spacial score (nSPS) is 20.0. The molecule has 0 radical (unpaired) electrons. The number of ether oxygens (including phenoxy) is 1. The topological polar surface area (TPSA) is 45.7 Å². The molecule has 1 unspecified atom stereocenters. The molecule has 2 aliphatic rings. The average Bonchev–Trinajstić information content (AvgIpc) is 2.63. The molecule has 1 atom stereocenters. The molecule has 1 saturated heterocycles. The first-order chi connectivity index (χ1) is 12.1. The summed E-state index contributed by atoms with van der Waals surface area (Å²) in [6.45, 7) is 1.94. The van der Waals surface area contributed by atoms with Gasteiger partial charge in [-0.1, -0.05) is 18.0 Å². The third kappa shape index (κ3) is 2.85. The van der Waals surface area contributed by atoms with Gasteiger partial charge in [0.05, 0.1) is 18.3 Å². The van der Waals surface area contributed by atoms with Crippen molar-refractivity contribution >= 4 is 34.3 Å². The first-order valence-electron chi connectivity index (χ1n) is 8.75. The highest BCUT2D eigenvalue weighted by Crippen LogP contribution is 2.38. The Morgan fingerprint density at radius 2 is 2.24 bits per heavy atom. The van der Waals surface area contributed by atoms with Crippen molar-refractivity contribution < 1.29 is 9.53 Å². The minimum atomic E-state index is -0.379. The molecule has 4 rings (SSSR count). The highest BCUT2D eigenvalue weighted by atomic mass is 35.5. The van der Waals surface area contributed by atoms with E-state index in [4.69, 9.17) is 21.3 Å². The van der Waals surface area contributed by atoms with Gasteiger partial charge >= 0.3 is 6.09 Å². The van der Waals surface area contributed by atoms with Gasteiger partial charge in [0.15, 0.2) is 0 Å². The maximum absolute atomic E-state index is 12.2. The lowest BCUT2D eigenvalue weighted by atomic mass is 9.89. The maximum Gasteiger partial charge on any atom is 0.413 e. The van der Waals surface area contributed by atoms with E-state index in [2.05, 4.69) is 4.90 Å². The Kier molecular flexibility index (Phi) is 4.29. The summed E-state index contributed by atoms with van der Waals surface area (Å²) in [6.07, 6.45) is 4.31. The number of rotatable bonds is 1. The third-order valence-electron chi connectivity index (χ3n) is 5.43. The Morgan fingerprint density at radius 1 is 1.40 bits per heavy atom. The third-order valence-corrected chi connectivity index (χ3v) is 5.66. The van der Waals surface area contributed by atoms with Gasteiger partial charge in [-0.2, -0.15) is 0 Å². The number of methoxy groups -OCH3 is 1. The molecule has 0 aliphatic carbocycles. The summed E-state index contributed by atoms with van der Waals surface area (Å²) < 4.78 is 4.96. The Balaban J connectivity index is 1.92. The van der Waals surface area contributed by atoms with Gasteiger partial charge in [0, 0.05) is 47.7 Å². The number of hydrogen-bond acceptors (Lipinski definition) is 4. The minimum Gasteiger partial charge on any atom is -0.452 e. The summed E-state index contributed by atoms with van der Waals surface area (Å²) in [5.74, 6) is 0. The Morgan fingerprint density at radius 3 is 3.04 bits per heavy atom. The van der Waals surface area contributed by atoms with Crippen molar-refractivity contribution in [3.05, 3.63) is 34.5 Å². The second-order valence-electron chi connectivity index (χ2n) is 6.90. The molecule has 0 saturated carbocycles. The zero-order valence-corrected chi connectivity index (χ0v) is 15.3. The van der Waals surface area contributed by atoms with Crippen LogP contribution in [0.5, 0.6) is 0 Å². The van der Waals surface area contributed by atoms with Gasteiger partial charge in [0.1, 0.15) is 0 Å².